The second-order valence-corrected chi connectivity index (χ2v) is 8.64. The van der Waals surface area contributed by atoms with Crippen molar-refractivity contribution in [3.05, 3.63) is 82.3 Å². The third-order valence-corrected chi connectivity index (χ3v) is 6.32. The highest BCUT2D eigenvalue weighted by Crippen LogP contribution is 2.34. The van der Waals surface area contributed by atoms with Gasteiger partial charge in [-0.2, -0.15) is 13.2 Å². The fourth-order valence-corrected chi connectivity index (χ4v) is 4.49. The third-order valence-electron chi connectivity index (χ3n) is 6.02. The molecule has 35 heavy (non-hydrogen) atoms. The van der Waals surface area contributed by atoms with Crippen molar-refractivity contribution in [3.8, 4) is 11.1 Å². The number of anilines is 1. The lowest BCUT2D eigenvalue weighted by Gasteiger charge is -2.28. The van der Waals surface area contributed by atoms with Gasteiger partial charge in [-0.05, 0) is 23.8 Å². The van der Waals surface area contributed by atoms with E-state index in [4.69, 9.17) is 4.74 Å². The van der Waals surface area contributed by atoms with E-state index in [1.807, 2.05) is 6.07 Å². The minimum Gasteiger partial charge on any atom is -0.378 e. The van der Waals surface area contributed by atoms with Crippen LogP contribution in [-0.4, -0.2) is 39.8 Å². The maximum absolute atomic E-state index is 14.4. The molecular weight excluding hydrogens is 484 g/mol. The topological polar surface area (TPSA) is 52.3 Å². The highest BCUT2D eigenvalue weighted by atomic mass is 32.1. The summed E-state index contributed by atoms with van der Waals surface area (Å²) in [4.78, 5) is 19.5. The van der Waals surface area contributed by atoms with Crippen molar-refractivity contribution in [3.63, 3.8) is 0 Å². The average Bonchev–Trinajstić information content (AvgIpc) is 3.17. The first-order valence-corrected chi connectivity index (χ1v) is 11.2. The van der Waals surface area contributed by atoms with E-state index < -0.39 is 23.1 Å². The van der Waals surface area contributed by atoms with E-state index in [1.165, 1.54) is 22.9 Å². The van der Waals surface area contributed by atoms with Crippen LogP contribution in [0.15, 0.2) is 59.8 Å². The SMILES string of the molecule is O=c1cc(-c2cn(S)c3ncc(N4CCOCC4)cc23)ccn1Cc1cccc(C(F)(F)F)c1F. The molecule has 11 heteroatoms. The number of ether oxygens (including phenoxy) is 1. The molecule has 1 aliphatic heterocycles. The number of hydrogen-bond acceptors (Lipinski definition) is 5. The predicted octanol–water partition coefficient (Wildman–Crippen LogP) is 4.60. The molecule has 3 aromatic heterocycles. The zero-order valence-corrected chi connectivity index (χ0v) is 19.2. The Hall–Kier alpha value is -3.31. The van der Waals surface area contributed by atoms with E-state index >= 15 is 0 Å². The summed E-state index contributed by atoms with van der Waals surface area (Å²) in [5.74, 6) is -1.38. The molecule has 182 valence electrons. The molecule has 4 aromatic rings. The van der Waals surface area contributed by atoms with E-state index in [9.17, 15) is 22.4 Å². The Morgan fingerprint density at radius 1 is 1.11 bits per heavy atom. The fourth-order valence-electron chi connectivity index (χ4n) is 4.22. The standard InChI is InChI=1S/C24H20F4N4O2S/c25-22-16(2-1-3-20(22)24(26,27)28)13-31-5-4-15(10-21(31)33)19-14-32(35)23-18(19)11-17(12-29-23)30-6-8-34-9-7-30/h1-5,10-12,14,35H,6-9,13H2. The van der Waals surface area contributed by atoms with Crippen LogP contribution in [0, 0.1) is 5.82 Å². The molecule has 0 bridgehead atoms. The second-order valence-electron chi connectivity index (χ2n) is 8.21. The van der Waals surface area contributed by atoms with Crippen molar-refractivity contribution in [1.82, 2.24) is 13.5 Å². The molecule has 5 rings (SSSR count). The Labute approximate surface area is 202 Å². The molecule has 0 saturated carbocycles. The number of fused-ring (bicyclic) bond motifs is 1. The molecule has 0 spiro atoms. The van der Waals surface area contributed by atoms with Gasteiger partial charge in [0.2, 0.25) is 0 Å². The average molecular weight is 505 g/mol. The summed E-state index contributed by atoms with van der Waals surface area (Å²) in [6.07, 6.45) is 0.142. The lowest BCUT2D eigenvalue weighted by molar-refractivity contribution is -0.140. The first-order valence-electron chi connectivity index (χ1n) is 10.8. The van der Waals surface area contributed by atoms with Crippen molar-refractivity contribution in [2.75, 3.05) is 31.2 Å². The zero-order chi connectivity index (χ0) is 24.7. The summed E-state index contributed by atoms with van der Waals surface area (Å²) in [5, 5.41) is 0.796. The van der Waals surface area contributed by atoms with E-state index in [0.717, 1.165) is 35.8 Å². The minimum absolute atomic E-state index is 0.221. The van der Waals surface area contributed by atoms with Gasteiger partial charge in [0, 0.05) is 48.1 Å². The van der Waals surface area contributed by atoms with Crippen molar-refractivity contribution in [2.24, 2.45) is 0 Å². The molecule has 1 fully saturated rings. The van der Waals surface area contributed by atoms with Gasteiger partial charge in [0.1, 0.15) is 5.82 Å². The predicted molar refractivity (Wildman–Crippen MR) is 127 cm³/mol. The van der Waals surface area contributed by atoms with Crippen LogP contribution in [-0.2, 0) is 17.5 Å². The van der Waals surface area contributed by atoms with E-state index in [2.05, 4.69) is 22.7 Å². The van der Waals surface area contributed by atoms with Gasteiger partial charge in [0.05, 0.1) is 37.2 Å². The second kappa shape index (κ2) is 9.04. The summed E-state index contributed by atoms with van der Waals surface area (Å²) in [7, 11) is 0. The summed E-state index contributed by atoms with van der Waals surface area (Å²) < 4.78 is 61.7. The molecule has 0 N–H and O–H groups in total. The van der Waals surface area contributed by atoms with Crippen molar-refractivity contribution >= 4 is 29.5 Å². The normalized spacial score (nSPS) is 14.6. The van der Waals surface area contributed by atoms with Crippen molar-refractivity contribution < 1.29 is 22.3 Å². The highest BCUT2D eigenvalue weighted by Gasteiger charge is 2.34. The summed E-state index contributed by atoms with van der Waals surface area (Å²) in [5.41, 5.74) is 0.814. The smallest absolute Gasteiger partial charge is 0.378 e. The first kappa shape index (κ1) is 23.4. The molecule has 0 atom stereocenters. The Morgan fingerprint density at radius 2 is 1.89 bits per heavy atom. The number of hydrogen-bond donors (Lipinski definition) is 1. The van der Waals surface area contributed by atoms with Gasteiger partial charge in [-0.1, -0.05) is 24.9 Å². The Balaban J connectivity index is 1.49. The molecule has 0 aliphatic carbocycles. The molecule has 1 saturated heterocycles. The Kier molecular flexibility index (Phi) is 6.06. The minimum atomic E-state index is -4.82. The van der Waals surface area contributed by atoms with Crippen molar-refractivity contribution in [1.29, 1.82) is 0 Å². The molecule has 0 amide bonds. The Bertz CT molecular complexity index is 1460. The largest absolute Gasteiger partial charge is 0.419 e. The molecule has 0 radical (unpaired) electrons. The van der Waals surface area contributed by atoms with Gasteiger partial charge >= 0.3 is 6.18 Å². The van der Waals surface area contributed by atoms with Gasteiger partial charge in [-0.25, -0.2) is 9.37 Å². The van der Waals surface area contributed by atoms with Crippen LogP contribution in [0.1, 0.15) is 11.1 Å². The van der Waals surface area contributed by atoms with Crippen LogP contribution in [0.4, 0.5) is 23.2 Å². The zero-order valence-electron chi connectivity index (χ0n) is 18.3. The molecule has 0 unspecified atom stereocenters. The number of rotatable bonds is 4. The molecule has 1 aliphatic rings. The van der Waals surface area contributed by atoms with E-state index in [-0.39, 0.29) is 12.1 Å². The maximum Gasteiger partial charge on any atom is 0.419 e. The summed E-state index contributed by atoms with van der Waals surface area (Å²) >= 11 is 4.44. The summed E-state index contributed by atoms with van der Waals surface area (Å²) in [6, 6.07) is 8.06. The highest BCUT2D eigenvalue weighted by molar-refractivity contribution is 7.78. The monoisotopic (exact) mass is 504 g/mol. The molecular formula is C24H20F4N4O2S. The maximum atomic E-state index is 14.4. The first-order chi connectivity index (χ1) is 16.7. The number of aromatic nitrogens is 3. The van der Waals surface area contributed by atoms with Crippen LogP contribution in [0.5, 0.6) is 0 Å². The number of nitrogens with zero attached hydrogens (tertiary/aromatic N) is 4. The van der Waals surface area contributed by atoms with E-state index in [0.29, 0.717) is 30.5 Å². The number of halogens is 4. The fraction of sp³-hybridized carbons (Fsp3) is 0.250. The van der Waals surface area contributed by atoms with Crippen LogP contribution in [0.25, 0.3) is 22.2 Å². The lowest BCUT2D eigenvalue weighted by atomic mass is 10.1. The number of alkyl halides is 3. The quantitative estimate of drug-likeness (QED) is 0.326. The lowest BCUT2D eigenvalue weighted by Crippen LogP contribution is -2.36. The third kappa shape index (κ3) is 4.53. The number of benzene rings is 1. The Morgan fingerprint density at radius 3 is 2.60 bits per heavy atom. The van der Waals surface area contributed by atoms with Gasteiger partial charge in [-0.3, -0.25) is 8.77 Å². The van der Waals surface area contributed by atoms with Gasteiger partial charge in [0.25, 0.3) is 5.56 Å². The molecule has 6 nitrogen and oxygen atoms in total. The van der Waals surface area contributed by atoms with Gasteiger partial charge in [-0.15, -0.1) is 0 Å². The van der Waals surface area contributed by atoms with Crippen LogP contribution >= 0.6 is 12.8 Å². The summed E-state index contributed by atoms with van der Waals surface area (Å²) in [6.45, 7) is 2.41. The van der Waals surface area contributed by atoms with Gasteiger partial charge < -0.3 is 14.2 Å². The van der Waals surface area contributed by atoms with Crippen LogP contribution < -0.4 is 10.5 Å². The van der Waals surface area contributed by atoms with Crippen LogP contribution in [0.2, 0.25) is 0 Å². The van der Waals surface area contributed by atoms with Crippen molar-refractivity contribution in [2.45, 2.75) is 12.7 Å². The molecule has 4 heterocycles. The molecule has 1 aromatic carbocycles. The number of pyridine rings is 2. The van der Waals surface area contributed by atoms with E-state index in [1.54, 1.807) is 22.4 Å². The van der Waals surface area contributed by atoms with Crippen LogP contribution in [0.3, 0.4) is 0 Å². The number of thiol groups is 1. The van der Waals surface area contributed by atoms with Gasteiger partial charge in [0.15, 0.2) is 5.65 Å². The number of morpholine rings is 1.